The van der Waals surface area contributed by atoms with Gasteiger partial charge in [0.15, 0.2) is 0 Å². The number of benzene rings is 6. The van der Waals surface area contributed by atoms with E-state index in [0.29, 0.717) is 0 Å². The van der Waals surface area contributed by atoms with Crippen molar-refractivity contribution >= 4 is 59.3 Å². The molecule has 1 aromatic heterocycles. The molecule has 0 saturated heterocycles. The molecule has 0 radical (unpaired) electrons. The minimum absolute atomic E-state index is 1.14. The Hall–Kier alpha value is -4.40. The van der Waals surface area contributed by atoms with Crippen LogP contribution in [0.15, 0.2) is 140 Å². The molecule has 0 aliphatic carbocycles. The Kier molecular flexibility index (Phi) is 5.04. The van der Waals surface area contributed by atoms with Gasteiger partial charge in [-0.2, -0.15) is 0 Å². The average molecular weight is 478 g/mol. The molecule has 0 unspecified atom stereocenters. The highest BCUT2D eigenvalue weighted by Crippen LogP contribution is 2.40. The summed E-state index contributed by atoms with van der Waals surface area (Å²) in [5, 5.41) is 5.32. The molecule has 6 aromatic carbocycles. The van der Waals surface area contributed by atoms with Gasteiger partial charge in [0.2, 0.25) is 0 Å². The van der Waals surface area contributed by atoms with E-state index in [1.54, 1.807) is 0 Å². The molecule has 7 rings (SSSR count). The summed E-state index contributed by atoms with van der Waals surface area (Å²) in [6.45, 7) is 0. The normalized spacial score (nSPS) is 11.3. The van der Waals surface area contributed by atoms with Gasteiger partial charge in [0, 0.05) is 37.2 Å². The van der Waals surface area contributed by atoms with Crippen molar-refractivity contribution in [2.75, 3.05) is 4.90 Å². The third-order valence-electron chi connectivity index (χ3n) is 6.85. The molecule has 0 atom stereocenters. The molecule has 0 spiro atoms. The molecule has 2 heteroatoms. The summed E-state index contributed by atoms with van der Waals surface area (Å²) in [6.07, 6.45) is 0. The Morgan fingerprint density at radius 3 is 1.75 bits per heavy atom. The van der Waals surface area contributed by atoms with Gasteiger partial charge in [-0.15, -0.1) is 11.3 Å². The fourth-order valence-corrected chi connectivity index (χ4v) is 6.26. The summed E-state index contributed by atoms with van der Waals surface area (Å²) in [5.41, 5.74) is 5.89. The first-order chi connectivity index (χ1) is 17.8. The molecule has 0 saturated carbocycles. The Morgan fingerprint density at radius 1 is 0.417 bits per heavy atom. The van der Waals surface area contributed by atoms with Crippen molar-refractivity contribution in [2.24, 2.45) is 0 Å². The van der Waals surface area contributed by atoms with Crippen LogP contribution in [0.4, 0.5) is 17.1 Å². The number of anilines is 3. The largest absolute Gasteiger partial charge is 0.311 e. The first-order valence-electron chi connectivity index (χ1n) is 12.2. The highest BCUT2D eigenvalue weighted by molar-refractivity contribution is 7.26. The zero-order valence-electron chi connectivity index (χ0n) is 19.6. The van der Waals surface area contributed by atoms with Gasteiger partial charge < -0.3 is 4.90 Å². The number of fused-ring (bicyclic) bond motifs is 5. The van der Waals surface area contributed by atoms with E-state index in [0.717, 1.165) is 17.1 Å². The summed E-state index contributed by atoms with van der Waals surface area (Å²) in [7, 11) is 0. The van der Waals surface area contributed by atoms with Crippen LogP contribution in [0, 0.1) is 0 Å². The van der Waals surface area contributed by atoms with Gasteiger partial charge in [0.25, 0.3) is 0 Å². The van der Waals surface area contributed by atoms with Gasteiger partial charge in [-0.25, -0.2) is 0 Å². The smallest absolute Gasteiger partial charge is 0.0462 e. The van der Waals surface area contributed by atoms with E-state index in [1.807, 2.05) is 11.3 Å². The minimum atomic E-state index is 1.14. The maximum atomic E-state index is 2.32. The zero-order chi connectivity index (χ0) is 23.9. The van der Waals surface area contributed by atoms with Gasteiger partial charge in [-0.1, -0.05) is 84.9 Å². The lowest BCUT2D eigenvalue weighted by Gasteiger charge is -2.25. The van der Waals surface area contributed by atoms with Gasteiger partial charge in [0.05, 0.1) is 0 Å². The van der Waals surface area contributed by atoms with Crippen LogP contribution >= 0.6 is 11.3 Å². The van der Waals surface area contributed by atoms with Crippen molar-refractivity contribution in [3.05, 3.63) is 140 Å². The van der Waals surface area contributed by atoms with E-state index >= 15 is 0 Å². The number of hydrogen-bond donors (Lipinski definition) is 0. The molecule has 0 aliphatic heterocycles. The third-order valence-corrected chi connectivity index (χ3v) is 7.98. The maximum Gasteiger partial charge on any atom is 0.0462 e. The molecule has 0 N–H and O–H groups in total. The summed E-state index contributed by atoms with van der Waals surface area (Å²) in [4.78, 5) is 2.29. The number of hydrogen-bond acceptors (Lipinski definition) is 2. The standard InChI is InChI=1S/C34H23NS/c1-3-9-27(10-4-1)35(28-11-5-2-6-12-28)29-19-15-24(16-20-29)25-17-21-30-26(23-25)18-22-33-34(30)31-13-7-8-14-32(31)36-33/h1-23H. The highest BCUT2D eigenvalue weighted by Gasteiger charge is 2.13. The second-order valence-corrected chi connectivity index (χ2v) is 10.1. The molecular weight excluding hydrogens is 454 g/mol. The van der Waals surface area contributed by atoms with Crippen LogP contribution in [0.5, 0.6) is 0 Å². The molecule has 0 bridgehead atoms. The Bertz CT molecular complexity index is 1780. The van der Waals surface area contributed by atoms with Crippen molar-refractivity contribution < 1.29 is 0 Å². The van der Waals surface area contributed by atoms with Crippen molar-refractivity contribution in [3.63, 3.8) is 0 Å². The van der Waals surface area contributed by atoms with E-state index in [9.17, 15) is 0 Å². The van der Waals surface area contributed by atoms with Crippen LogP contribution < -0.4 is 4.90 Å². The molecule has 0 aliphatic rings. The highest BCUT2D eigenvalue weighted by atomic mass is 32.1. The molecule has 0 amide bonds. The van der Waals surface area contributed by atoms with E-state index in [4.69, 9.17) is 0 Å². The first-order valence-corrected chi connectivity index (χ1v) is 13.0. The third kappa shape index (κ3) is 3.55. The fourth-order valence-electron chi connectivity index (χ4n) is 5.14. The summed E-state index contributed by atoms with van der Waals surface area (Å²) < 4.78 is 2.70. The van der Waals surface area contributed by atoms with Crippen LogP contribution in [0.1, 0.15) is 0 Å². The average Bonchev–Trinajstić information content (AvgIpc) is 3.34. The number of thiophene rings is 1. The lowest BCUT2D eigenvalue weighted by Crippen LogP contribution is -2.09. The first kappa shape index (κ1) is 20.9. The van der Waals surface area contributed by atoms with Gasteiger partial charge in [0.1, 0.15) is 0 Å². The van der Waals surface area contributed by atoms with Gasteiger partial charge >= 0.3 is 0 Å². The number of para-hydroxylation sites is 2. The van der Waals surface area contributed by atoms with Crippen molar-refractivity contribution in [1.29, 1.82) is 0 Å². The molecule has 36 heavy (non-hydrogen) atoms. The monoisotopic (exact) mass is 477 g/mol. The molecule has 7 aromatic rings. The number of rotatable bonds is 4. The van der Waals surface area contributed by atoms with Crippen molar-refractivity contribution in [1.82, 2.24) is 0 Å². The van der Waals surface area contributed by atoms with Crippen LogP contribution in [-0.2, 0) is 0 Å². The Labute approximate surface area is 214 Å². The zero-order valence-corrected chi connectivity index (χ0v) is 20.5. The Morgan fingerprint density at radius 2 is 1.03 bits per heavy atom. The predicted molar refractivity (Wildman–Crippen MR) is 157 cm³/mol. The second-order valence-electron chi connectivity index (χ2n) is 9.03. The van der Waals surface area contributed by atoms with Crippen molar-refractivity contribution in [2.45, 2.75) is 0 Å². The summed E-state index contributed by atoms with van der Waals surface area (Å²) in [5.74, 6) is 0. The molecule has 0 fully saturated rings. The lowest BCUT2D eigenvalue weighted by atomic mass is 9.98. The second kappa shape index (κ2) is 8.67. The van der Waals surface area contributed by atoms with Gasteiger partial charge in [-0.3, -0.25) is 0 Å². The van der Waals surface area contributed by atoms with E-state index in [-0.39, 0.29) is 0 Å². The minimum Gasteiger partial charge on any atom is -0.311 e. The Balaban J connectivity index is 1.30. The van der Waals surface area contributed by atoms with Crippen LogP contribution in [0.3, 0.4) is 0 Å². The van der Waals surface area contributed by atoms with Crippen LogP contribution in [-0.4, -0.2) is 0 Å². The summed E-state index contributed by atoms with van der Waals surface area (Å²) >= 11 is 1.87. The van der Waals surface area contributed by atoms with E-state index in [1.165, 1.54) is 42.1 Å². The number of nitrogens with zero attached hydrogens (tertiary/aromatic N) is 1. The molecule has 170 valence electrons. The maximum absolute atomic E-state index is 2.32. The summed E-state index contributed by atoms with van der Waals surface area (Å²) in [6, 6.07) is 50.1. The van der Waals surface area contributed by atoms with Crippen LogP contribution in [0.2, 0.25) is 0 Å². The molecule has 1 heterocycles. The molecular formula is C34H23NS. The predicted octanol–water partition coefficient (Wildman–Crippen LogP) is 10.3. The van der Waals surface area contributed by atoms with E-state index < -0.39 is 0 Å². The SMILES string of the molecule is c1ccc(N(c2ccccc2)c2ccc(-c3ccc4c(ccc5sc6ccccc6c54)c3)cc2)cc1. The molecule has 1 nitrogen and oxygen atoms in total. The quantitative estimate of drug-likeness (QED) is 0.244. The van der Waals surface area contributed by atoms with E-state index in [2.05, 4.69) is 144 Å². The lowest BCUT2D eigenvalue weighted by molar-refractivity contribution is 1.28. The van der Waals surface area contributed by atoms with Crippen molar-refractivity contribution in [3.8, 4) is 11.1 Å². The topological polar surface area (TPSA) is 3.24 Å². The van der Waals surface area contributed by atoms with Gasteiger partial charge in [-0.05, 0) is 76.5 Å². The fraction of sp³-hybridized carbons (Fsp3) is 0. The van der Waals surface area contributed by atoms with Crippen LogP contribution in [0.25, 0.3) is 42.1 Å².